The molecule has 0 fully saturated rings. The molecule has 1 N–H and O–H groups in total. The zero-order valence-electron chi connectivity index (χ0n) is 17.6. The highest BCUT2D eigenvalue weighted by Crippen LogP contribution is 2.25. The summed E-state index contributed by atoms with van der Waals surface area (Å²) in [7, 11) is 1.60. The molecule has 9 heteroatoms. The van der Waals surface area contributed by atoms with E-state index in [2.05, 4.69) is 5.32 Å². The molecule has 32 heavy (non-hydrogen) atoms. The minimum atomic E-state index is -0.453. The Morgan fingerprint density at radius 1 is 1.03 bits per heavy atom. The van der Waals surface area contributed by atoms with Crippen LogP contribution in [0.3, 0.4) is 0 Å². The maximum Gasteiger partial charge on any atom is 0.262 e. The molecule has 0 saturated carbocycles. The third-order valence-corrected chi connectivity index (χ3v) is 5.15. The number of nitrogens with zero attached hydrogens (tertiary/aromatic N) is 1. The molecule has 0 bridgehead atoms. The number of hydrogen-bond acceptors (Lipinski definition) is 5. The number of rotatable bonds is 9. The number of amides is 1. The molecule has 0 aliphatic carbocycles. The molecule has 0 unspecified atom stereocenters. The lowest BCUT2D eigenvalue weighted by Crippen LogP contribution is -2.24. The van der Waals surface area contributed by atoms with Crippen molar-refractivity contribution in [3.63, 3.8) is 0 Å². The zero-order chi connectivity index (χ0) is 23.1. The minimum absolute atomic E-state index is 0.106. The van der Waals surface area contributed by atoms with Crippen LogP contribution in [0.15, 0.2) is 59.5 Å². The molecule has 0 aliphatic heterocycles. The van der Waals surface area contributed by atoms with Gasteiger partial charge in [-0.05, 0) is 49.4 Å². The summed E-state index contributed by atoms with van der Waals surface area (Å²) in [6.07, 6.45) is 1.66. The molecule has 2 aromatic carbocycles. The monoisotopic (exact) mass is 476 g/mol. The summed E-state index contributed by atoms with van der Waals surface area (Å²) in [5, 5.41) is 3.39. The molecular weight excluding hydrogens is 455 g/mol. The van der Waals surface area contributed by atoms with Crippen molar-refractivity contribution in [1.29, 1.82) is 0 Å². The van der Waals surface area contributed by atoms with Gasteiger partial charge in [-0.25, -0.2) is 0 Å². The fourth-order valence-electron chi connectivity index (χ4n) is 2.92. The summed E-state index contributed by atoms with van der Waals surface area (Å²) in [4.78, 5) is 24.5. The summed E-state index contributed by atoms with van der Waals surface area (Å²) < 4.78 is 18.2. The average molecular weight is 477 g/mol. The van der Waals surface area contributed by atoms with Crippen LogP contribution < -0.4 is 25.0 Å². The van der Waals surface area contributed by atoms with Gasteiger partial charge in [0.2, 0.25) is 5.43 Å². The molecule has 1 aromatic heterocycles. The van der Waals surface area contributed by atoms with E-state index in [1.807, 2.05) is 28.8 Å². The quantitative estimate of drug-likeness (QED) is 0.489. The van der Waals surface area contributed by atoms with E-state index in [1.54, 1.807) is 32.4 Å². The van der Waals surface area contributed by atoms with E-state index >= 15 is 0 Å². The third-order valence-electron chi connectivity index (χ3n) is 4.60. The molecule has 1 heterocycles. The van der Waals surface area contributed by atoms with Gasteiger partial charge in [0.15, 0.2) is 12.4 Å². The van der Waals surface area contributed by atoms with E-state index in [0.29, 0.717) is 40.3 Å². The molecule has 0 spiro atoms. The standard InChI is InChI=1S/C23H22Cl2N2O5/c1-15-23(32-14-22(29)26-20-8-3-16(24)13-19(20)25)21(28)9-10-27(15)11-12-31-18-6-4-17(30-2)5-7-18/h3-10,13H,11-12,14H2,1-2H3,(H,26,29). The van der Waals surface area contributed by atoms with Crippen LogP contribution in [-0.4, -0.2) is 30.8 Å². The average Bonchev–Trinajstić information content (AvgIpc) is 2.77. The number of benzene rings is 2. The molecule has 7 nitrogen and oxygen atoms in total. The van der Waals surface area contributed by atoms with Gasteiger partial charge >= 0.3 is 0 Å². The number of ether oxygens (including phenoxy) is 3. The SMILES string of the molecule is COc1ccc(OCCn2ccc(=O)c(OCC(=O)Nc3ccc(Cl)cc3Cl)c2C)cc1. The second kappa shape index (κ2) is 10.9. The molecule has 1 amide bonds. The number of halogens is 2. The highest BCUT2D eigenvalue weighted by atomic mass is 35.5. The van der Waals surface area contributed by atoms with Gasteiger partial charge in [-0.1, -0.05) is 23.2 Å². The lowest BCUT2D eigenvalue weighted by atomic mass is 10.3. The van der Waals surface area contributed by atoms with Crippen LogP contribution in [0.2, 0.25) is 10.0 Å². The number of methoxy groups -OCH3 is 1. The number of aromatic nitrogens is 1. The molecule has 0 aliphatic rings. The lowest BCUT2D eigenvalue weighted by Gasteiger charge is -2.15. The van der Waals surface area contributed by atoms with Gasteiger partial charge < -0.3 is 24.1 Å². The number of carbonyl (C=O) groups excluding carboxylic acids is 1. The van der Waals surface area contributed by atoms with Crippen molar-refractivity contribution in [2.24, 2.45) is 0 Å². The van der Waals surface area contributed by atoms with Crippen LogP contribution in [0.5, 0.6) is 17.2 Å². The van der Waals surface area contributed by atoms with Gasteiger partial charge in [-0.3, -0.25) is 9.59 Å². The topological polar surface area (TPSA) is 78.8 Å². The largest absolute Gasteiger partial charge is 0.497 e. The van der Waals surface area contributed by atoms with E-state index in [-0.39, 0.29) is 17.8 Å². The van der Waals surface area contributed by atoms with Crippen molar-refractivity contribution in [3.05, 3.63) is 80.7 Å². The first-order chi connectivity index (χ1) is 15.4. The summed E-state index contributed by atoms with van der Waals surface area (Å²) in [6.45, 7) is 2.27. The Morgan fingerprint density at radius 2 is 1.75 bits per heavy atom. The summed E-state index contributed by atoms with van der Waals surface area (Å²) in [6, 6.07) is 13.4. The maximum atomic E-state index is 12.3. The summed E-state index contributed by atoms with van der Waals surface area (Å²) >= 11 is 11.9. The van der Waals surface area contributed by atoms with E-state index < -0.39 is 5.91 Å². The third kappa shape index (κ3) is 6.18. The van der Waals surface area contributed by atoms with Crippen LogP contribution in [0.25, 0.3) is 0 Å². The van der Waals surface area contributed by atoms with Gasteiger partial charge in [0, 0.05) is 17.3 Å². The number of anilines is 1. The first-order valence-electron chi connectivity index (χ1n) is 9.72. The number of carbonyl (C=O) groups is 1. The Balaban J connectivity index is 1.58. The summed E-state index contributed by atoms with van der Waals surface area (Å²) in [5.41, 5.74) is 0.683. The minimum Gasteiger partial charge on any atom is -0.497 e. The Kier molecular flexibility index (Phi) is 8.03. The highest BCUT2D eigenvalue weighted by molar-refractivity contribution is 6.36. The Bertz CT molecular complexity index is 1150. The predicted octanol–water partition coefficient (Wildman–Crippen LogP) is 4.57. The maximum absolute atomic E-state index is 12.3. The van der Waals surface area contributed by atoms with E-state index in [1.165, 1.54) is 12.1 Å². The smallest absolute Gasteiger partial charge is 0.262 e. The van der Waals surface area contributed by atoms with Gasteiger partial charge in [-0.15, -0.1) is 0 Å². The first-order valence-corrected chi connectivity index (χ1v) is 10.5. The Morgan fingerprint density at radius 3 is 2.44 bits per heavy atom. The van der Waals surface area contributed by atoms with E-state index in [9.17, 15) is 9.59 Å². The van der Waals surface area contributed by atoms with Gasteiger partial charge in [0.05, 0.1) is 30.1 Å². The van der Waals surface area contributed by atoms with Gasteiger partial charge in [0.25, 0.3) is 5.91 Å². The Hall–Kier alpha value is -3.16. The Labute approximate surface area is 195 Å². The van der Waals surface area contributed by atoms with Gasteiger partial charge in [0.1, 0.15) is 18.1 Å². The molecule has 0 saturated heterocycles. The second-order valence-corrected chi connectivity index (χ2v) is 7.62. The second-order valence-electron chi connectivity index (χ2n) is 6.77. The van der Waals surface area contributed by atoms with Crippen molar-refractivity contribution in [2.45, 2.75) is 13.5 Å². The van der Waals surface area contributed by atoms with E-state index in [4.69, 9.17) is 37.4 Å². The van der Waals surface area contributed by atoms with Crippen molar-refractivity contribution in [1.82, 2.24) is 4.57 Å². The normalized spacial score (nSPS) is 10.5. The molecule has 3 rings (SSSR count). The van der Waals surface area contributed by atoms with Crippen molar-refractivity contribution < 1.29 is 19.0 Å². The number of nitrogens with one attached hydrogen (secondary N) is 1. The molecule has 0 radical (unpaired) electrons. The molecule has 168 valence electrons. The fourth-order valence-corrected chi connectivity index (χ4v) is 3.38. The molecule has 0 atom stereocenters. The van der Waals surface area contributed by atoms with Crippen LogP contribution in [0, 0.1) is 6.92 Å². The lowest BCUT2D eigenvalue weighted by molar-refractivity contribution is -0.118. The first kappa shape index (κ1) is 23.5. The molecular formula is C23H22Cl2N2O5. The molecule has 3 aromatic rings. The van der Waals surface area contributed by atoms with Crippen molar-refractivity contribution in [2.75, 3.05) is 25.6 Å². The van der Waals surface area contributed by atoms with Gasteiger partial charge in [-0.2, -0.15) is 0 Å². The fraction of sp³-hybridized carbons (Fsp3) is 0.217. The zero-order valence-corrected chi connectivity index (χ0v) is 19.1. The van der Waals surface area contributed by atoms with Crippen molar-refractivity contribution in [3.8, 4) is 17.2 Å². The van der Waals surface area contributed by atoms with Crippen LogP contribution >= 0.6 is 23.2 Å². The highest BCUT2D eigenvalue weighted by Gasteiger charge is 2.12. The summed E-state index contributed by atoms with van der Waals surface area (Å²) in [5.74, 6) is 1.11. The van der Waals surface area contributed by atoms with Crippen LogP contribution in [0.4, 0.5) is 5.69 Å². The van der Waals surface area contributed by atoms with Crippen LogP contribution in [0.1, 0.15) is 5.69 Å². The van der Waals surface area contributed by atoms with Crippen LogP contribution in [-0.2, 0) is 11.3 Å². The predicted molar refractivity (Wildman–Crippen MR) is 125 cm³/mol. The number of pyridine rings is 1. The van der Waals surface area contributed by atoms with E-state index in [0.717, 1.165) is 5.75 Å². The number of hydrogen-bond donors (Lipinski definition) is 1. The van der Waals surface area contributed by atoms with Crippen molar-refractivity contribution >= 4 is 34.8 Å².